The Morgan fingerprint density at radius 3 is 1.74 bits per heavy atom. The van der Waals surface area contributed by atoms with E-state index in [4.69, 9.17) is 0 Å². The highest BCUT2D eigenvalue weighted by Crippen LogP contribution is 2.34. The number of para-hydroxylation sites is 1. The van der Waals surface area contributed by atoms with E-state index in [1.54, 1.807) is 48.5 Å². The third-order valence-electron chi connectivity index (χ3n) is 5.09. The van der Waals surface area contributed by atoms with Crippen LogP contribution < -0.4 is 10.0 Å². The molecule has 1 N–H and O–H groups in total. The molecule has 158 valence electrons. The zero-order valence-electron chi connectivity index (χ0n) is 16.5. The highest BCUT2D eigenvalue weighted by atomic mass is 32.2. The molecule has 3 aromatic rings. The van der Waals surface area contributed by atoms with E-state index in [9.17, 15) is 23.1 Å². The molecule has 1 atom stereocenters. The van der Waals surface area contributed by atoms with Gasteiger partial charge in [0.2, 0.25) is 0 Å². The molecule has 2 amide bonds. The molecule has 1 aliphatic heterocycles. The summed E-state index contributed by atoms with van der Waals surface area (Å²) in [5, 5.41) is 12.1. The number of carbonyl (C=O) groups excluding carboxylic acids is 2. The number of anilines is 2. The second-order valence-electron chi connectivity index (χ2n) is 7.13. The molecule has 0 bridgehead atoms. The van der Waals surface area contributed by atoms with Gasteiger partial charge in [0.15, 0.2) is 9.84 Å². The molecule has 1 fully saturated rings. The Bertz CT molecular complexity index is 1200. The van der Waals surface area contributed by atoms with Crippen LogP contribution >= 0.6 is 0 Å². The predicted octanol–water partition coefficient (Wildman–Crippen LogP) is 3.17. The minimum absolute atomic E-state index is 0.0264. The van der Waals surface area contributed by atoms with Crippen molar-refractivity contribution in [1.82, 2.24) is 0 Å². The summed E-state index contributed by atoms with van der Waals surface area (Å²) in [4.78, 5) is 26.6. The Balaban J connectivity index is 1.66. The van der Waals surface area contributed by atoms with Gasteiger partial charge in [-0.05, 0) is 55.0 Å². The number of rotatable bonds is 6. The molecule has 0 radical (unpaired) electrons. The van der Waals surface area contributed by atoms with Gasteiger partial charge in [0, 0.05) is 0 Å². The van der Waals surface area contributed by atoms with Crippen molar-refractivity contribution in [2.75, 3.05) is 15.8 Å². The van der Waals surface area contributed by atoms with Gasteiger partial charge in [0.05, 0.1) is 22.0 Å². The van der Waals surface area contributed by atoms with Crippen molar-refractivity contribution in [3.63, 3.8) is 0 Å². The monoisotopic (exact) mass is 436 g/mol. The smallest absolute Gasteiger partial charge is 0.258 e. The van der Waals surface area contributed by atoms with Crippen LogP contribution in [0.15, 0.2) is 89.8 Å². The van der Waals surface area contributed by atoms with Crippen LogP contribution in [0.3, 0.4) is 0 Å². The highest BCUT2D eigenvalue weighted by Gasteiger charge is 2.47. The number of phenolic OH excluding ortho intramolecular Hbond substituents is 1. The summed E-state index contributed by atoms with van der Waals surface area (Å²) in [7, 11) is -3.64. The number of benzene rings is 3. The maximum atomic E-state index is 13.2. The van der Waals surface area contributed by atoms with Crippen molar-refractivity contribution in [2.45, 2.75) is 11.3 Å². The minimum atomic E-state index is -3.64. The summed E-state index contributed by atoms with van der Waals surface area (Å²) in [5.74, 6) is -2.44. The van der Waals surface area contributed by atoms with Gasteiger partial charge in [-0.3, -0.25) is 9.59 Å². The van der Waals surface area contributed by atoms with E-state index >= 15 is 0 Å². The molecule has 1 unspecified atom stereocenters. The molecule has 8 heteroatoms. The third-order valence-corrected chi connectivity index (χ3v) is 6.85. The fourth-order valence-electron chi connectivity index (χ4n) is 3.51. The number of sulfone groups is 1. The second-order valence-corrected chi connectivity index (χ2v) is 9.23. The van der Waals surface area contributed by atoms with Gasteiger partial charge in [0.25, 0.3) is 11.8 Å². The predicted molar refractivity (Wildman–Crippen MR) is 116 cm³/mol. The van der Waals surface area contributed by atoms with Crippen LogP contribution in [-0.2, 0) is 19.4 Å². The molecule has 0 saturated carbocycles. The van der Waals surface area contributed by atoms with E-state index in [1.165, 1.54) is 46.4 Å². The lowest BCUT2D eigenvalue weighted by molar-refractivity contribution is -0.127. The molecule has 1 heterocycles. The van der Waals surface area contributed by atoms with Crippen molar-refractivity contribution >= 4 is 33.0 Å². The Hall–Kier alpha value is -3.65. The summed E-state index contributed by atoms with van der Waals surface area (Å²) in [6.45, 7) is 0. The van der Waals surface area contributed by atoms with Gasteiger partial charge in [-0.2, -0.15) is 0 Å². The molecule has 3 aromatic carbocycles. The van der Waals surface area contributed by atoms with Gasteiger partial charge in [-0.25, -0.2) is 18.4 Å². The lowest BCUT2D eigenvalue weighted by Crippen LogP contribution is -2.41. The van der Waals surface area contributed by atoms with Crippen molar-refractivity contribution in [1.29, 1.82) is 0 Å². The average Bonchev–Trinajstić information content (AvgIpc) is 3.04. The maximum Gasteiger partial charge on any atom is 0.258 e. The molecule has 1 aliphatic rings. The summed E-state index contributed by atoms with van der Waals surface area (Å²) < 4.78 is 25.3. The number of nitrogens with zero attached hydrogens (tertiary/aromatic N) is 2. The largest absolute Gasteiger partial charge is 0.508 e. The Morgan fingerprint density at radius 1 is 0.710 bits per heavy atom. The standard InChI is InChI=1S/C23H20N2O5S/c26-19-13-11-18(12-14-19)25-23(28)21(22(27)24(25)17-7-3-1-4-8-17)15-16-31(29,30)20-9-5-2-6-10-20/h1-14,21,26H,15-16H2. The van der Waals surface area contributed by atoms with Crippen LogP contribution in [0.2, 0.25) is 0 Å². The highest BCUT2D eigenvalue weighted by molar-refractivity contribution is 7.91. The molecular weight excluding hydrogens is 416 g/mol. The number of aromatic hydroxyl groups is 1. The number of hydrazine groups is 1. The lowest BCUT2D eigenvalue weighted by Gasteiger charge is -2.27. The van der Waals surface area contributed by atoms with Crippen LogP contribution in [0.1, 0.15) is 6.42 Å². The van der Waals surface area contributed by atoms with E-state index in [0.717, 1.165) is 0 Å². The van der Waals surface area contributed by atoms with E-state index < -0.39 is 27.6 Å². The minimum Gasteiger partial charge on any atom is -0.508 e. The molecule has 0 aromatic heterocycles. The van der Waals surface area contributed by atoms with Crippen molar-refractivity contribution < 1.29 is 23.1 Å². The van der Waals surface area contributed by atoms with Crippen LogP contribution in [-0.4, -0.2) is 31.1 Å². The zero-order chi connectivity index (χ0) is 22.0. The third kappa shape index (κ3) is 4.02. The van der Waals surface area contributed by atoms with E-state index in [1.807, 2.05) is 0 Å². The normalized spacial score (nSPS) is 16.7. The molecule has 7 nitrogen and oxygen atoms in total. The zero-order valence-corrected chi connectivity index (χ0v) is 17.3. The van der Waals surface area contributed by atoms with Gasteiger partial charge in [-0.15, -0.1) is 0 Å². The number of carbonyl (C=O) groups is 2. The number of hydrogen-bond acceptors (Lipinski definition) is 5. The molecule has 0 spiro atoms. The molecule has 4 rings (SSSR count). The van der Waals surface area contributed by atoms with Gasteiger partial charge < -0.3 is 5.11 Å². The Kier molecular flexibility index (Phi) is 5.48. The first-order valence-electron chi connectivity index (χ1n) is 9.68. The van der Waals surface area contributed by atoms with Crippen molar-refractivity contribution in [3.05, 3.63) is 84.9 Å². The first-order chi connectivity index (χ1) is 14.9. The van der Waals surface area contributed by atoms with Gasteiger partial charge >= 0.3 is 0 Å². The first-order valence-corrected chi connectivity index (χ1v) is 11.3. The van der Waals surface area contributed by atoms with Gasteiger partial charge in [0.1, 0.15) is 11.7 Å². The summed E-state index contributed by atoms with van der Waals surface area (Å²) in [5.41, 5.74) is 0.885. The summed E-state index contributed by atoms with van der Waals surface area (Å²) in [6.07, 6.45) is -0.132. The van der Waals surface area contributed by atoms with E-state index in [0.29, 0.717) is 11.4 Å². The van der Waals surface area contributed by atoms with Crippen LogP contribution in [0.25, 0.3) is 0 Å². The Labute approximate surface area is 180 Å². The molecule has 31 heavy (non-hydrogen) atoms. The molecule has 1 saturated heterocycles. The Morgan fingerprint density at radius 2 is 1.19 bits per heavy atom. The first kappa shape index (κ1) is 20.6. The summed E-state index contributed by atoms with van der Waals surface area (Å²) >= 11 is 0. The van der Waals surface area contributed by atoms with E-state index in [-0.39, 0.29) is 22.8 Å². The van der Waals surface area contributed by atoms with Crippen molar-refractivity contribution in [2.24, 2.45) is 5.92 Å². The maximum absolute atomic E-state index is 13.2. The van der Waals surface area contributed by atoms with Gasteiger partial charge in [-0.1, -0.05) is 36.4 Å². The second kappa shape index (κ2) is 8.23. The fourth-order valence-corrected chi connectivity index (χ4v) is 4.87. The topological polar surface area (TPSA) is 95.0 Å². The quantitative estimate of drug-likeness (QED) is 0.599. The molecule has 0 aliphatic carbocycles. The summed E-state index contributed by atoms with van der Waals surface area (Å²) in [6, 6.07) is 22.5. The fraction of sp³-hybridized carbons (Fsp3) is 0.130. The number of hydrogen-bond donors (Lipinski definition) is 1. The molecular formula is C23H20N2O5S. The number of amides is 2. The lowest BCUT2D eigenvalue weighted by atomic mass is 10.1. The van der Waals surface area contributed by atoms with Crippen LogP contribution in [0, 0.1) is 5.92 Å². The van der Waals surface area contributed by atoms with Crippen LogP contribution in [0.5, 0.6) is 5.75 Å². The van der Waals surface area contributed by atoms with E-state index in [2.05, 4.69) is 0 Å². The average molecular weight is 436 g/mol. The van der Waals surface area contributed by atoms with Crippen LogP contribution in [0.4, 0.5) is 11.4 Å². The number of phenols is 1. The van der Waals surface area contributed by atoms with Crippen molar-refractivity contribution in [3.8, 4) is 5.75 Å². The SMILES string of the molecule is O=C1C(CCS(=O)(=O)c2ccccc2)C(=O)N(c2ccc(O)cc2)N1c1ccccc1.